The Labute approximate surface area is 692 Å². The Balaban J connectivity index is 0.00000134. The van der Waals surface area contributed by atoms with Gasteiger partial charge in [-0.05, 0) is 163 Å². The lowest BCUT2D eigenvalue weighted by Crippen LogP contribution is -2.42. The minimum absolute atomic E-state index is 0.0237. The summed E-state index contributed by atoms with van der Waals surface area (Å²) >= 11 is 10.2. The SMILES string of the molecule is C#CC[C@@H](O)CO[Si](C)(C)C(C)(C)C.C=C(Br)C[C@@H](O)CO.C=C(Br)C[C@@H]1COC(C)(C)O1.C=C(C[C@@H]1COC(C)(C)O1)S(=O)(=O)Cl.C=C(C[C@@H]1COC(C)(C)O1)S(=O)(=O)Nc1c(OC)cc(F)c(F)c1Cc1ccc(I)cc1F.COC(C)(C)OC.COc1cc(F)c(F)c(Cc2ccc(I)cc2F)c1N.[2H]CC. The van der Waals surface area contributed by atoms with Crippen LogP contribution in [0.15, 0.2) is 93.6 Å². The number of hydrogen-bond donors (Lipinski definition) is 5. The number of nitrogens with one attached hydrogen (secondary N) is 1. The summed E-state index contributed by atoms with van der Waals surface area (Å²) in [5, 5.41) is 26.6. The lowest BCUT2D eigenvalue weighted by molar-refractivity contribution is -0.178. The van der Waals surface area contributed by atoms with Gasteiger partial charge in [-0.15, -0.1) is 12.3 Å². The van der Waals surface area contributed by atoms with Gasteiger partial charge in [0, 0.05) is 102 Å². The van der Waals surface area contributed by atoms with Crippen LogP contribution in [-0.4, -0.2) is 156 Å². The summed E-state index contributed by atoms with van der Waals surface area (Å²) in [6.07, 6.45) is 4.39. The van der Waals surface area contributed by atoms with E-state index in [4.69, 9.17) is 86.2 Å². The molecule has 6 N–H and O–H groups in total. The zero-order chi connectivity index (χ0) is 85.5. The van der Waals surface area contributed by atoms with Gasteiger partial charge in [-0.1, -0.05) is 105 Å². The molecule has 620 valence electrons. The number of aliphatic hydroxyl groups excluding tert-OH is 3. The van der Waals surface area contributed by atoms with Crippen LogP contribution in [0.1, 0.15) is 146 Å². The molecule has 4 aromatic carbocycles. The third-order valence-electron chi connectivity index (χ3n) is 15.8. The van der Waals surface area contributed by atoms with Crippen LogP contribution in [-0.2, 0) is 74.2 Å². The Bertz CT molecular complexity index is 3920. The van der Waals surface area contributed by atoms with Crippen molar-refractivity contribution in [2.24, 2.45) is 0 Å². The van der Waals surface area contributed by atoms with Gasteiger partial charge in [-0.3, -0.25) is 4.72 Å². The maximum atomic E-state index is 14.8. The van der Waals surface area contributed by atoms with Crippen LogP contribution in [0.4, 0.5) is 37.7 Å². The second-order valence-corrected chi connectivity index (χ2v) is 41.4. The number of nitrogen functional groups attached to an aromatic ring is 1. The average molecular weight is 1980 g/mol. The van der Waals surface area contributed by atoms with E-state index in [1.807, 2.05) is 72.9 Å². The van der Waals surface area contributed by atoms with E-state index >= 15 is 0 Å². The minimum Gasteiger partial charge on any atom is -0.494 e. The molecular weight excluding hydrogens is 1870 g/mol. The zero-order valence-electron chi connectivity index (χ0n) is 66.1. The highest BCUT2D eigenvalue weighted by Crippen LogP contribution is 2.40. The maximum Gasteiger partial charge on any atom is 0.257 e. The molecular formula is C75H109Br2ClF6I2N2O18S2Si. The van der Waals surface area contributed by atoms with E-state index < -0.39 is 116 Å². The van der Waals surface area contributed by atoms with Crippen molar-refractivity contribution in [2.75, 3.05) is 71.9 Å². The molecule has 7 rings (SSSR count). The second-order valence-electron chi connectivity index (χ2n) is 27.4. The van der Waals surface area contributed by atoms with Gasteiger partial charge < -0.3 is 72.8 Å². The lowest BCUT2D eigenvalue weighted by atomic mass is 10.0. The van der Waals surface area contributed by atoms with E-state index in [1.165, 1.54) is 38.5 Å². The molecule has 3 saturated heterocycles. The predicted molar refractivity (Wildman–Crippen MR) is 444 cm³/mol. The Kier molecular flexibility index (Phi) is 45.7. The smallest absolute Gasteiger partial charge is 0.257 e. The number of halogens is 11. The summed E-state index contributed by atoms with van der Waals surface area (Å²) < 4.78 is 202. The fourth-order valence-electron chi connectivity index (χ4n) is 8.69. The molecule has 0 saturated carbocycles. The molecule has 3 aliphatic heterocycles. The molecule has 0 radical (unpaired) electrons. The summed E-state index contributed by atoms with van der Waals surface area (Å²) in [4.78, 5) is -0.280. The van der Waals surface area contributed by atoms with Crippen molar-refractivity contribution >= 4 is 126 Å². The van der Waals surface area contributed by atoms with Gasteiger partial charge >= 0.3 is 0 Å². The number of terminal acetylenes is 1. The number of rotatable bonds is 25. The number of benzene rings is 4. The van der Waals surface area contributed by atoms with Crippen molar-refractivity contribution < 1.29 is 112 Å². The van der Waals surface area contributed by atoms with Gasteiger partial charge in [0.1, 0.15) is 23.1 Å². The normalized spacial score (nSPS) is 17.5. The van der Waals surface area contributed by atoms with Crippen LogP contribution in [0.5, 0.6) is 11.5 Å². The molecule has 0 spiro atoms. The number of sulfonamides is 1. The molecule has 4 aromatic rings. The molecule has 34 heteroatoms. The summed E-state index contributed by atoms with van der Waals surface area (Å²) in [5.74, 6) is -5.97. The van der Waals surface area contributed by atoms with Crippen LogP contribution < -0.4 is 19.9 Å². The van der Waals surface area contributed by atoms with E-state index in [0.29, 0.717) is 51.2 Å². The molecule has 5 atom stereocenters. The first-order valence-corrected chi connectivity index (χ1v) is 43.9. The number of anilines is 2. The molecule has 0 bridgehead atoms. The van der Waals surface area contributed by atoms with E-state index in [1.54, 1.807) is 61.0 Å². The number of nitrogens with two attached hydrogens (primary N) is 1. The molecule has 0 amide bonds. The fraction of sp³-hybridized carbons (Fsp3) is 0.547. The summed E-state index contributed by atoms with van der Waals surface area (Å²) in [7, 11) is 1.14. The standard InChI is InChI=1S/C22H23F3INO5S.C14H11F3INO.C11H22O2Si.C8H13BrO2.C8H13ClO4S.C5H9BrO2.C5H12O2.C2H6/c1-12(7-15-11-31-22(2,3)32-15)33(28,29)27-21-16(20(25)18(24)10-19(21)30-4)8-13-5-6-14(26)9-17(13)23;1-20-12-6-11(16)13(17)9(14(12)19)4-7-2-3-8(18)5-10(7)15;1-7-8-10(12)9-13-14(5,6)11(2,3)4;1-6(9)4-7-5-10-8(2,3)11-7;1-6(14(9,10)11)4-7-5-12-8(2,3)13-7;1-4(6)2-5(8)3-7;1-5(2,6-3)7-4;1-2/h5-6,9-10,15,27H,1,7-8,11H2,2-4H3;2-3,5-6H,4,19H2,1H3;1,10,12H,8-9H2,2-6H3;7H,1,4-5H2,2-3H3;7H,1,4-5H2,2-3H3;5,7-8H,1-3H2;1-4H3;1-2H3/t15-;;10-;2*7-;5-;;/m1.1111../s1/i;;;;;;;1D. The Hall–Kier alpha value is -3.47. The van der Waals surface area contributed by atoms with Crippen molar-refractivity contribution in [3.8, 4) is 23.8 Å². The third-order valence-corrected chi connectivity index (χ3v) is 25.2. The lowest BCUT2D eigenvalue weighted by Gasteiger charge is -2.36. The van der Waals surface area contributed by atoms with Crippen molar-refractivity contribution in [2.45, 2.75) is 207 Å². The molecule has 20 nitrogen and oxygen atoms in total. The summed E-state index contributed by atoms with van der Waals surface area (Å²) in [6, 6.07) is 10.4. The highest BCUT2D eigenvalue weighted by Gasteiger charge is 2.39. The number of ether oxygens (including phenoxy) is 10. The van der Waals surface area contributed by atoms with Gasteiger partial charge in [0.05, 0.1) is 99.0 Å². The first-order chi connectivity index (χ1) is 50.4. The summed E-state index contributed by atoms with van der Waals surface area (Å²) in [5.41, 5.74) is 5.17. The largest absolute Gasteiger partial charge is 0.494 e. The third kappa shape index (κ3) is 39.6. The van der Waals surface area contributed by atoms with Crippen molar-refractivity contribution in [1.29, 1.82) is 0 Å². The quantitative estimate of drug-likeness (QED) is 0.00785. The first-order valence-electron chi connectivity index (χ1n) is 34.2. The van der Waals surface area contributed by atoms with Crippen LogP contribution in [0.2, 0.25) is 18.1 Å². The van der Waals surface area contributed by atoms with Crippen molar-refractivity contribution in [3.05, 3.63) is 158 Å². The van der Waals surface area contributed by atoms with Crippen LogP contribution in [0.3, 0.4) is 0 Å². The summed E-state index contributed by atoms with van der Waals surface area (Å²) in [6.45, 7) is 43.2. The molecule has 3 heterocycles. The Morgan fingerprint density at radius 2 is 1.10 bits per heavy atom. The molecule has 109 heavy (non-hydrogen) atoms. The van der Waals surface area contributed by atoms with Gasteiger partial charge in [0.15, 0.2) is 54.7 Å². The van der Waals surface area contributed by atoms with Crippen LogP contribution >= 0.6 is 87.7 Å². The molecule has 0 aliphatic carbocycles. The topological polar surface area (TPSA) is 269 Å². The van der Waals surface area contributed by atoms with Gasteiger partial charge in [0.25, 0.3) is 19.1 Å². The average Bonchev–Trinajstić information content (AvgIpc) is 1.03. The predicted octanol–water partition coefficient (Wildman–Crippen LogP) is 18.1. The number of aliphatic hydroxyl groups is 3. The van der Waals surface area contributed by atoms with Crippen LogP contribution in [0, 0.1) is 54.4 Å². The molecule has 3 fully saturated rings. The van der Waals surface area contributed by atoms with Crippen LogP contribution in [0.25, 0.3) is 0 Å². The first kappa shape index (κ1) is 104. The maximum absolute atomic E-state index is 14.8. The van der Waals surface area contributed by atoms with E-state index in [9.17, 15) is 48.3 Å². The zero-order valence-corrected chi connectivity index (χ0v) is 76.0. The van der Waals surface area contributed by atoms with Gasteiger partial charge in [0.2, 0.25) is 0 Å². The van der Waals surface area contributed by atoms with Crippen molar-refractivity contribution in [1.82, 2.24) is 0 Å². The van der Waals surface area contributed by atoms with E-state index in [-0.39, 0.29) is 99.1 Å². The molecule has 3 aliphatic rings. The Morgan fingerprint density at radius 3 is 1.42 bits per heavy atom. The number of methoxy groups -OCH3 is 4. The second kappa shape index (κ2) is 48.2. The number of hydrogen-bond acceptors (Lipinski definition) is 19. The minimum atomic E-state index is -4.28. The Morgan fingerprint density at radius 1 is 0.706 bits per heavy atom. The van der Waals surface area contributed by atoms with Gasteiger partial charge in [-0.2, -0.15) is 0 Å². The van der Waals surface area contributed by atoms with E-state index in [0.717, 1.165) is 23.0 Å². The van der Waals surface area contributed by atoms with E-state index in [2.05, 4.69) is 103 Å². The fourth-order valence-corrected chi connectivity index (χ4v) is 13.0. The highest BCUT2D eigenvalue weighted by molar-refractivity contribution is 14.1. The molecule has 0 unspecified atom stereocenters. The molecule has 0 aromatic heterocycles. The van der Waals surface area contributed by atoms with Gasteiger partial charge in [-0.25, -0.2) is 43.2 Å². The highest BCUT2D eigenvalue weighted by atomic mass is 127. The van der Waals surface area contributed by atoms with Crippen molar-refractivity contribution in [3.63, 3.8) is 0 Å². The monoisotopic (exact) mass is 1980 g/mol.